The summed E-state index contributed by atoms with van der Waals surface area (Å²) in [4.78, 5) is 39.9. The molecule has 0 atom stereocenters. The summed E-state index contributed by atoms with van der Waals surface area (Å²) in [5, 5.41) is 14.4. The highest BCUT2D eigenvalue weighted by Crippen LogP contribution is 2.00. The van der Waals surface area contributed by atoms with Crippen molar-refractivity contribution >= 4 is 17.8 Å². The monoisotopic (exact) mass is 292 g/mol. The number of piperazine rings is 1. The first kappa shape index (κ1) is 14.9. The van der Waals surface area contributed by atoms with Crippen LogP contribution >= 0.6 is 0 Å². The summed E-state index contributed by atoms with van der Waals surface area (Å²) >= 11 is 0. The number of carboxylic acid groups (broad SMARTS) is 1. The number of carboxylic acids is 1. The average molecular weight is 292 g/mol. The molecule has 0 saturated carbocycles. The van der Waals surface area contributed by atoms with Crippen LogP contribution in [0, 0.1) is 0 Å². The second-order valence-electron chi connectivity index (χ2n) is 4.53. The molecule has 0 unspecified atom stereocenters. The number of carbonyl (C=O) groups is 3. The van der Waals surface area contributed by atoms with Crippen molar-refractivity contribution in [3.8, 4) is 0 Å². The molecular formula is C13H16N4O4. The third-order valence-electron chi connectivity index (χ3n) is 3.07. The zero-order valence-electron chi connectivity index (χ0n) is 11.3. The first-order valence-electron chi connectivity index (χ1n) is 6.55. The molecule has 0 aliphatic carbocycles. The third kappa shape index (κ3) is 3.99. The third-order valence-corrected chi connectivity index (χ3v) is 3.07. The standard InChI is InChI=1S/C13H16N4O4/c18-11(17-6-4-14-5-7-17)8-15-12(19)9-2-1-3-10(16-9)13(20)21/h1-3,14H,4-8H2,(H,15,19)(H,20,21). The molecule has 2 heterocycles. The molecule has 0 radical (unpaired) electrons. The van der Waals surface area contributed by atoms with Gasteiger partial charge in [-0.25, -0.2) is 9.78 Å². The summed E-state index contributed by atoms with van der Waals surface area (Å²) in [7, 11) is 0. The number of amides is 2. The van der Waals surface area contributed by atoms with Crippen LogP contribution in [0.25, 0.3) is 0 Å². The number of pyridine rings is 1. The lowest BCUT2D eigenvalue weighted by Crippen LogP contribution is -2.49. The molecule has 1 aromatic heterocycles. The van der Waals surface area contributed by atoms with Gasteiger partial charge in [0.25, 0.3) is 5.91 Å². The summed E-state index contributed by atoms with van der Waals surface area (Å²) in [6.07, 6.45) is 0. The predicted molar refractivity (Wildman–Crippen MR) is 73.0 cm³/mol. The van der Waals surface area contributed by atoms with Gasteiger partial charge < -0.3 is 20.6 Å². The maximum Gasteiger partial charge on any atom is 0.354 e. The fourth-order valence-corrected chi connectivity index (χ4v) is 1.95. The van der Waals surface area contributed by atoms with Gasteiger partial charge in [0, 0.05) is 26.2 Å². The van der Waals surface area contributed by atoms with E-state index in [2.05, 4.69) is 15.6 Å². The fourth-order valence-electron chi connectivity index (χ4n) is 1.95. The van der Waals surface area contributed by atoms with Crippen molar-refractivity contribution in [1.29, 1.82) is 0 Å². The van der Waals surface area contributed by atoms with Gasteiger partial charge in [-0.05, 0) is 12.1 Å². The number of nitrogens with one attached hydrogen (secondary N) is 2. The number of nitrogens with zero attached hydrogens (tertiary/aromatic N) is 2. The van der Waals surface area contributed by atoms with Crippen molar-refractivity contribution < 1.29 is 19.5 Å². The lowest BCUT2D eigenvalue weighted by Gasteiger charge is -2.27. The van der Waals surface area contributed by atoms with Crippen molar-refractivity contribution in [2.24, 2.45) is 0 Å². The molecule has 1 aliphatic heterocycles. The Balaban J connectivity index is 1.90. The second-order valence-corrected chi connectivity index (χ2v) is 4.53. The van der Waals surface area contributed by atoms with Crippen molar-refractivity contribution in [1.82, 2.24) is 20.5 Å². The van der Waals surface area contributed by atoms with Gasteiger partial charge in [0.1, 0.15) is 11.4 Å². The zero-order chi connectivity index (χ0) is 15.2. The minimum absolute atomic E-state index is 0.0250. The zero-order valence-corrected chi connectivity index (χ0v) is 11.3. The van der Waals surface area contributed by atoms with E-state index in [4.69, 9.17) is 5.11 Å². The topological polar surface area (TPSA) is 112 Å². The largest absolute Gasteiger partial charge is 0.477 e. The van der Waals surface area contributed by atoms with E-state index in [9.17, 15) is 14.4 Å². The molecule has 1 fully saturated rings. The van der Waals surface area contributed by atoms with Crippen molar-refractivity contribution in [2.45, 2.75) is 0 Å². The van der Waals surface area contributed by atoms with Crippen LogP contribution in [0.5, 0.6) is 0 Å². The van der Waals surface area contributed by atoms with Gasteiger partial charge in [0.15, 0.2) is 0 Å². The Morgan fingerprint density at radius 1 is 1.24 bits per heavy atom. The van der Waals surface area contributed by atoms with Crippen LogP contribution in [0.2, 0.25) is 0 Å². The van der Waals surface area contributed by atoms with E-state index in [0.29, 0.717) is 13.1 Å². The van der Waals surface area contributed by atoms with Gasteiger partial charge in [0.2, 0.25) is 5.91 Å². The number of aromatic nitrogens is 1. The summed E-state index contributed by atoms with van der Waals surface area (Å²) < 4.78 is 0. The van der Waals surface area contributed by atoms with Crippen LogP contribution in [-0.2, 0) is 4.79 Å². The van der Waals surface area contributed by atoms with Gasteiger partial charge in [-0.1, -0.05) is 6.07 Å². The first-order chi connectivity index (χ1) is 10.1. The SMILES string of the molecule is O=C(O)c1cccc(C(=O)NCC(=O)N2CCNCC2)n1. The molecule has 3 N–H and O–H groups in total. The molecule has 2 rings (SSSR count). The Labute approximate surface area is 121 Å². The highest BCUT2D eigenvalue weighted by atomic mass is 16.4. The normalized spacial score (nSPS) is 14.6. The summed E-state index contributed by atoms with van der Waals surface area (Å²) in [5.74, 6) is -1.94. The lowest BCUT2D eigenvalue weighted by molar-refractivity contribution is -0.130. The Hall–Kier alpha value is -2.48. The van der Waals surface area contributed by atoms with Gasteiger partial charge >= 0.3 is 5.97 Å². The Bertz CT molecular complexity index is 555. The summed E-state index contributed by atoms with van der Waals surface area (Å²) in [5.41, 5.74) is -0.237. The van der Waals surface area contributed by atoms with Crippen molar-refractivity contribution in [3.63, 3.8) is 0 Å². The maximum absolute atomic E-state index is 11.9. The van der Waals surface area contributed by atoms with Crippen LogP contribution in [0.4, 0.5) is 0 Å². The van der Waals surface area contributed by atoms with Crippen molar-refractivity contribution in [2.75, 3.05) is 32.7 Å². The molecule has 8 nitrogen and oxygen atoms in total. The van der Waals surface area contributed by atoms with E-state index in [1.54, 1.807) is 4.90 Å². The molecule has 2 amide bonds. The molecular weight excluding hydrogens is 276 g/mol. The van der Waals surface area contributed by atoms with Gasteiger partial charge in [-0.3, -0.25) is 9.59 Å². The van der Waals surface area contributed by atoms with Crippen LogP contribution in [0.1, 0.15) is 21.0 Å². The molecule has 0 bridgehead atoms. The Morgan fingerprint density at radius 3 is 2.57 bits per heavy atom. The van der Waals surface area contributed by atoms with Gasteiger partial charge in [-0.15, -0.1) is 0 Å². The Morgan fingerprint density at radius 2 is 1.90 bits per heavy atom. The smallest absolute Gasteiger partial charge is 0.354 e. The molecule has 1 saturated heterocycles. The predicted octanol–water partition coefficient (Wildman–Crippen LogP) is -1.06. The van der Waals surface area contributed by atoms with E-state index in [1.165, 1.54) is 18.2 Å². The van der Waals surface area contributed by atoms with Crippen LogP contribution in [0.3, 0.4) is 0 Å². The maximum atomic E-state index is 11.9. The highest BCUT2D eigenvalue weighted by molar-refractivity contribution is 5.96. The molecule has 0 aromatic carbocycles. The molecule has 1 aromatic rings. The van der Waals surface area contributed by atoms with Crippen LogP contribution in [0.15, 0.2) is 18.2 Å². The molecule has 0 spiro atoms. The van der Waals surface area contributed by atoms with Gasteiger partial charge in [-0.2, -0.15) is 0 Å². The summed E-state index contributed by atoms with van der Waals surface area (Å²) in [6.45, 7) is 2.57. The number of aromatic carboxylic acids is 1. The first-order valence-corrected chi connectivity index (χ1v) is 6.55. The minimum Gasteiger partial charge on any atom is -0.477 e. The van der Waals surface area contributed by atoms with E-state index in [1.807, 2.05) is 0 Å². The quantitative estimate of drug-likeness (QED) is 0.652. The molecule has 21 heavy (non-hydrogen) atoms. The van der Waals surface area contributed by atoms with Crippen molar-refractivity contribution in [3.05, 3.63) is 29.6 Å². The minimum atomic E-state index is -1.21. The molecule has 8 heteroatoms. The molecule has 112 valence electrons. The lowest BCUT2D eigenvalue weighted by atomic mass is 10.3. The Kier molecular flexibility index (Phi) is 4.83. The highest BCUT2D eigenvalue weighted by Gasteiger charge is 2.17. The fraction of sp³-hybridized carbons (Fsp3) is 0.385. The van der Waals surface area contributed by atoms with E-state index >= 15 is 0 Å². The number of carbonyl (C=O) groups excluding carboxylic acids is 2. The van der Waals surface area contributed by atoms with E-state index in [0.717, 1.165) is 13.1 Å². The number of hydrogen-bond acceptors (Lipinski definition) is 5. The molecule has 1 aliphatic rings. The average Bonchev–Trinajstić information content (AvgIpc) is 2.53. The van der Waals surface area contributed by atoms with E-state index < -0.39 is 11.9 Å². The van der Waals surface area contributed by atoms with Crippen LogP contribution in [-0.4, -0.2) is 65.5 Å². The van der Waals surface area contributed by atoms with Gasteiger partial charge in [0.05, 0.1) is 6.54 Å². The van der Waals surface area contributed by atoms with Crippen LogP contribution < -0.4 is 10.6 Å². The second kappa shape index (κ2) is 6.80. The number of hydrogen-bond donors (Lipinski definition) is 3. The number of rotatable bonds is 4. The van der Waals surface area contributed by atoms with E-state index in [-0.39, 0.29) is 23.8 Å². The summed E-state index contributed by atoms with van der Waals surface area (Å²) in [6, 6.07) is 4.13.